The van der Waals surface area contributed by atoms with Gasteiger partial charge in [-0.1, -0.05) is 40.2 Å². The third-order valence-electron chi connectivity index (χ3n) is 7.25. The molecule has 0 amide bonds. The van der Waals surface area contributed by atoms with Gasteiger partial charge in [0, 0.05) is 47.3 Å². The maximum Gasteiger partial charge on any atom is 0.269 e. The van der Waals surface area contributed by atoms with E-state index in [2.05, 4.69) is 25.7 Å². The average molecular weight is 546 g/mol. The normalized spacial score (nSPS) is 16.8. The SMILES string of the molecule is O=[N+]([O-])c1ccc2c(c1)CCN2c1nc(N2CCC(O)(c3ccc(Br)cc3)CC2)nc2ccccc12. The summed E-state index contributed by atoms with van der Waals surface area (Å²) in [6.45, 7) is 1.96. The number of nitro groups is 1. The van der Waals surface area contributed by atoms with Crippen molar-refractivity contribution in [3.05, 3.63) is 92.4 Å². The van der Waals surface area contributed by atoms with Gasteiger partial charge in [0.1, 0.15) is 5.82 Å². The predicted molar refractivity (Wildman–Crippen MR) is 143 cm³/mol. The standard InChI is InChI=1S/C27H24BrN5O3/c28-20-7-5-19(6-8-20)27(34)12-15-31(16-13-27)26-29-23-4-2-1-3-22(23)25(30-26)32-14-11-18-17-21(33(35)36)9-10-24(18)32/h1-10,17,34H,11-16H2. The quantitative estimate of drug-likeness (QED) is 0.268. The van der Waals surface area contributed by atoms with Crippen LogP contribution in [0.3, 0.4) is 0 Å². The molecule has 0 saturated carbocycles. The summed E-state index contributed by atoms with van der Waals surface area (Å²) in [5.74, 6) is 1.44. The summed E-state index contributed by atoms with van der Waals surface area (Å²) in [5, 5.41) is 23.5. The lowest BCUT2D eigenvalue weighted by Gasteiger charge is -2.38. The molecule has 1 aromatic heterocycles. The zero-order valence-electron chi connectivity index (χ0n) is 19.5. The molecule has 3 aromatic carbocycles. The number of hydrogen-bond acceptors (Lipinski definition) is 7. The van der Waals surface area contributed by atoms with E-state index >= 15 is 0 Å². The number of piperidine rings is 1. The second-order valence-corrected chi connectivity index (χ2v) is 10.3. The van der Waals surface area contributed by atoms with Crippen LogP contribution in [-0.2, 0) is 12.0 Å². The Morgan fingerprint density at radius 2 is 1.72 bits per heavy atom. The fraction of sp³-hybridized carbons (Fsp3) is 0.259. The number of halogens is 1. The van der Waals surface area contributed by atoms with Crippen LogP contribution < -0.4 is 9.80 Å². The molecule has 4 aromatic rings. The van der Waals surface area contributed by atoms with E-state index in [-0.39, 0.29) is 10.6 Å². The highest BCUT2D eigenvalue weighted by molar-refractivity contribution is 9.10. The Morgan fingerprint density at radius 3 is 2.47 bits per heavy atom. The number of para-hydroxylation sites is 1. The van der Waals surface area contributed by atoms with Gasteiger partial charge in [-0.15, -0.1) is 0 Å². The van der Waals surface area contributed by atoms with Gasteiger partial charge in [-0.2, -0.15) is 4.98 Å². The molecule has 9 heteroatoms. The van der Waals surface area contributed by atoms with Crippen LogP contribution in [-0.4, -0.2) is 39.6 Å². The summed E-state index contributed by atoms with van der Waals surface area (Å²) in [6.07, 6.45) is 1.88. The first-order valence-electron chi connectivity index (χ1n) is 12.0. The number of hydrogen-bond donors (Lipinski definition) is 1. The highest BCUT2D eigenvalue weighted by Gasteiger charge is 2.35. The second-order valence-electron chi connectivity index (χ2n) is 9.36. The van der Waals surface area contributed by atoms with Gasteiger partial charge in [-0.3, -0.25) is 10.1 Å². The lowest BCUT2D eigenvalue weighted by Crippen LogP contribution is -2.43. The Labute approximate surface area is 216 Å². The van der Waals surface area contributed by atoms with Crippen LogP contribution in [0.2, 0.25) is 0 Å². The zero-order chi connectivity index (χ0) is 24.9. The largest absolute Gasteiger partial charge is 0.385 e. The van der Waals surface area contributed by atoms with Gasteiger partial charge in [0.15, 0.2) is 0 Å². The van der Waals surface area contributed by atoms with Gasteiger partial charge >= 0.3 is 0 Å². The Morgan fingerprint density at radius 1 is 0.972 bits per heavy atom. The van der Waals surface area contributed by atoms with Gasteiger partial charge in [0.25, 0.3) is 5.69 Å². The van der Waals surface area contributed by atoms with Crippen molar-refractivity contribution in [1.82, 2.24) is 9.97 Å². The molecule has 1 fully saturated rings. The number of rotatable bonds is 4. The third kappa shape index (κ3) is 3.98. The smallest absolute Gasteiger partial charge is 0.269 e. The lowest BCUT2D eigenvalue weighted by molar-refractivity contribution is -0.384. The van der Waals surface area contributed by atoms with Gasteiger partial charge in [-0.25, -0.2) is 4.98 Å². The van der Waals surface area contributed by atoms with Crippen molar-refractivity contribution >= 4 is 50.0 Å². The number of non-ortho nitro benzene ring substituents is 1. The van der Waals surface area contributed by atoms with E-state index in [0.29, 0.717) is 44.8 Å². The van der Waals surface area contributed by atoms with E-state index < -0.39 is 5.60 Å². The molecule has 0 bridgehead atoms. The Bertz CT molecular complexity index is 1470. The summed E-state index contributed by atoms with van der Waals surface area (Å²) in [5.41, 5.74) is 2.90. The maximum atomic E-state index is 11.3. The zero-order valence-corrected chi connectivity index (χ0v) is 21.1. The van der Waals surface area contributed by atoms with Crippen LogP contribution in [0, 0.1) is 10.1 Å². The van der Waals surface area contributed by atoms with E-state index in [4.69, 9.17) is 9.97 Å². The average Bonchev–Trinajstić information content (AvgIpc) is 3.32. The molecule has 3 heterocycles. The monoisotopic (exact) mass is 545 g/mol. The summed E-state index contributed by atoms with van der Waals surface area (Å²) in [7, 11) is 0. The highest BCUT2D eigenvalue weighted by Crippen LogP contribution is 2.40. The van der Waals surface area contributed by atoms with E-state index in [1.807, 2.05) is 54.6 Å². The van der Waals surface area contributed by atoms with Crippen LogP contribution in [0.4, 0.5) is 23.1 Å². The van der Waals surface area contributed by atoms with Crippen molar-refractivity contribution in [1.29, 1.82) is 0 Å². The van der Waals surface area contributed by atoms with Crippen molar-refractivity contribution in [2.75, 3.05) is 29.4 Å². The number of benzene rings is 3. The number of anilines is 3. The molecular weight excluding hydrogens is 522 g/mol. The molecule has 1 N–H and O–H groups in total. The number of aromatic nitrogens is 2. The first-order valence-corrected chi connectivity index (χ1v) is 12.8. The minimum atomic E-state index is -0.876. The minimum Gasteiger partial charge on any atom is -0.385 e. The fourth-order valence-electron chi connectivity index (χ4n) is 5.24. The van der Waals surface area contributed by atoms with Gasteiger partial charge in [-0.05, 0) is 60.7 Å². The van der Waals surface area contributed by atoms with Crippen LogP contribution >= 0.6 is 15.9 Å². The van der Waals surface area contributed by atoms with Crippen molar-refractivity contribution in [3.63, 3.8) is 0 Å². The number of aliphatic hydroxyl groups is 1. The second kappa shape index (κ2) is 8.83. The summed E-state index contributed by atoms with van der Waals surface area (Å²) >= 11 is 3.46. The van der Waals surface area contributed by atoms with Crippen molar-refractivity contribution in [2.24, 2.45) is 0 Å². The predicted octanol–water partition coefficient (Wildman–Crippen LogP) is 5.48. The summed E-state index contributed by atoms with van der Waals surface area (Å²) in [4.78, 5) is 25.0. The molecule has 0 spiro atoms. The molecule has 6 rings (SSSR count). The number of fused-ring (bicyclic) bond motifs is 2. The van der Waals surface area contributed by atoms with Crippen LogP contribution in [0.5, 0.6) is 0 Å². The molecule has 2 aliphatic rings. The molecular formula is C27H24BrN5O3. The first kappa shape index (κ1) is 22.9. The van der Waals surface area contributed by atoms with Crippen LogP contribution in [0.25, 0.3) is 10.9 Å². The molecule has 36 heavy (non-hydrogen) atoms. The molecule has 1 saturated heterocycles. The van der Waals surface area contributed by atoms with Crippen molar-refractivity contribution in [2.45, 2.75) is 24.9 Å². The molecule has 0 aliphatic carbocycles. The summed E-state index contributed by atoms with van der Waals surface area (Å²) < 4.78 is 0.988. The molecule has 0 atom stereocenters. The molecule has 0 radical (unpaired) electrons. The van der Waals surface area contributed by atoms with E-state index in [1.165, 1.54) is 0 Å². The minimum absolute atomic E-state index is 0.107. The van der Waals surface area contributed by atoms with E-state index in [1.54, 1.807) is 12.1 Å². The van der Waals surface area contributed by atoms with Gasteiger partial charge < -0.3 is 14.9 Å². The van der Waals surface area contributed by atoms with Crippen molar-refractivity contribution in [3.8, 4) is 0 Å². The van der Waals surface area contributed by atoms with Crippen LogP contribution in [0.15, 0.2) is 71.2 Å². The van der Waals surface area contributed by atoms with E-state index in [9.17, 15) is 15.2 Å². The lowest BCUT2D eigenvalue weighted by atomic mass is 9.84. The summed E-state index contributed by atoms with van der Waals surface area (Å²) in [6, 6.07) is 20.8. The molecule has 0 unspecified atom stereocenters. The topological polar surface area (TPSA) is 95.6 Å². The van der Waals surface area contributed by atoms with Crippen LogP contribution in [0.1, 0.15) is 24.0 Å². The fourth-order valence-corrected chi connectivity index (χ4v) is 5.51. The maximum absolute atomic E-state index is 11.3. The molecule has 2 aliphatic heterocycles. The molecule has 182 valence electrons. The third-order valence-corrected chi connectivity index (χ3v) is 7.78. The Hall–Kier alpha value is -3.56. The molecule has 8 nitrogen and oxygen atoms in total. The number of nitrogens with zero attached hydrogens (tertiary/aromatic N) is 5. The highest BCUT2D eigenvalue weighted by atomic mass is 79.9. The van der Waals surface area contributed by atoms with Crippen molar-refractivity contribution < 1.29 is 10.0 Å². The Balaban J connectivity index is 1.33. The Kier molecular flexibility index (Phi) is 5.61. The van der Waals surface area contributed by atoms with E-state index in [0.717, 1.165) is 38.0 Å². The first-order chi connectivity index (χ1) is 17.4. The van der Waals surface area contributed by atoms with Gasteiger partial charge in [0.2, 0.25) is 5.95 Å². The van der Waals surface area contributed by atoms with Gasteiger partial charge in [0.05, 0.1) is 16.0 Å². The number of nitro benzene ring substituents is 1.